The van der Waals surface area contributed by atoms with Gasteiger partial charge in [0, 0.05) is 6.54 Å². The van der Waals surface area contributed by atoms with Crippen molar-refractivity contribution in [1.82, 2.24) is 15.2 Å². The van der Waals surface area contributed by atoms with Crippen LogP contribution >= 0.6 is 27.5 Å². The molecule has 7 heteroatoms. The Labute approximate surface area is 130 Å². The van der Waals surface area contributed by atoms with E-state index in [9.17, 15) is 4.39 Å². The molecule has 20 heavy (non-hydrogen) atoms. The summed E-state index contributed by atoms with van der Waals surface area (Å²) in [6, 6.07) is 4.22. The van der Waals surface area contributed by atoms with Crippen molar-refractivity contribution >= 4 is 27.5 Å². The molecule has 0 aliphatic heterocycles. The summed E-state index contributed by atoms with van der Waals surface area (Å²) in [7, 11) is 0. The summed E-state index contributed by atoms with van der Waals surface area (Å²) >= 11 is 9.50. The minimum Gasteiger partial charge on any atom is -0.271 e. The predicted octanol–water partition coefficient (Wildman–Crippen LogP) is 3.40. The van der Waals surface area contributed by atoms with E-state index in [0.717, 1.165) is 23.1 Å². The quantitative estimate of drug-likeness (QED) is 0.634. The third kappa shape index (κ3) is 2.88. The Balaban J connectivity index is 2.52. The lowest BCUT2D eigenvalue weighted by Crippen LogP contribution is -2.31. The van der Waals surface area contributed by atoms with Crippen molar-refractivity contribution in [3.8, 4) is 0 Å². The van der Waals surface area contributed by atoms with Gasteiger partial charge < -0.3 is 0 Å². The molecule has 0 aliphatic rings. The predicted molar refractivity (Wildman–Crippen MR) is 80.8 cm³/mol. The molecule has 108 valence electrons. The second kappa shape index (κ2) is 6.67. The molecule has 0 saturated heterocycles. The lowest BCUT2D eigenvalue weighted by molar-refractivity contribution is 0.517. The van der Waals surface area contributed by atoms with Crippen LogP contribution in [0.5, 0.6) is 0 Å². The van der Waals surface area contributed by atoms with Crippen LogP contribution in [0.25, 0.3) is 0 Å². The van der Waals surface area contributed by atoms with Crippen LogP contribution in [-0.4, -0.2) is 9.78 Å². The van der Waals surface area contributed by atoms with Gasteiger partial charge in [0.15, 0.2) is 0 Å². The molecule has 3 N–H and O–H groups in total. The number of aryl methyl sites for hydroxylation is 1. The van der Waals surface area contributed by atoms with Gasteiger partial charge in [0.1, 0.15) is 5.82 Å². The summed E-state index contributed by atoms with van der Waals surface area (Å²) in [5.74, 6) is 5.19. The van der Waals surface area contributed by atoms with Crippen LogP contribution in [-0.2, 0) is 6.54 Å². The van der Waals surface area contributed by atoms with Crippen LogP contribution in [0.15, 0.2) is 28.9 Å². The zero-order chi connectivity index (χ0) is 14.7. The Hall–Kier alpha value is -0.950. The lowest BCUT2D eigenvalue weighted by atomic mass is 10.0. The number of benzene rings is 1. The summed E-state index contributed by atoms with van der Waals surface area (Å²) < 4.78 is 16.3. The molecule has 1 atom stereocenters. The average Bonchev–Trinajstić information content (AvgIpc) is 2.78. The minimum atomic E-state index is -0.470. The maximum Gasteiger partial charge on any atom is 0.142 e. The van der Waals surface area contributed by atoms with E-state index in [1.807, 2.05) is 4.68 Å². The first-order valence-corrected chi connectivity index (χ1v) is 7.38. The van der Waals surface area contributed by atoms with Crippen molar-refractivity contribution in [2.75, 3.05) is 0 Å². The van der Waals surface area contributed by atoms with Crippen molar-refractivity contribution in [1.29, 1.82) is 0 Å². The molecule has 0 spiro atoms. The number of rotatable bonds is 5. The van der Waals surface area contributed by atoms with E-state index in [1.54, 1.807) is 18.3 Å². The standard InChI is InChI=1S/C13H15BrClFN4/c1-2-6-20-13(9(14)7-18-20)12(19-17)8-4-3-5-10(16)11(8)15/h3-5,7,12,19H,2,6,17H2,1H3. The molecule has 0 bridgehead atoms. The maximum atomic E-state index is 13.6. The van der Waals surface area contributed by atoms with E-state index >= 15 is 0 Å². The average molecular weight is 362 g/mol. The van der Waals surface area contributed by atoms with Crippen LogP contribution in [0.1, 0.15) is 30.6 Å². The molecular formula is C13H15BrClFN4. The van der Waals surface area contributed by atoms with Crippen molar-refractivity contribution in [2.45, 2.75) is 25.9 Å². The summed E-state index contributed by atoms with van der Waals surface area (Å²) in [6.45, 7) is 2.80. The Morgan fingerprint density at radius 3 is 2.95 bits per heavy atom. The molecule has 1 aromatic carbocycles. The molecule has 0 fully saturated rings. The fraction of sp³-hybridized carbons (Fsp3) is 0.308. The van der Waals surface area contributed by atoms with E-state index in [4.69, 9.17) is 17.4 Å². The van der Waals surface area contributed by atoms with Gasteiger partial charge in [-0.3, -0.25) is 10.5 Å². The molecule has 0 saturated carbocycles. The molecule has 2 aromatic rings. The van der Waals surface area contributed by atoms with E-state index in [0.29, 0.717) is 5.56 Å². The van der Waals surface area contributed by atoms with Crippen LogP contribution in [0.4, 0.5) is 4.39 Å². The van der Waals surface area contributed by atoms with Crippen molar-refractivity contribution in [3.63, 3.8) is 0 Å². The number of nitrogens with one attached hydrogen (secondary N) is 1. The molecule has 2 rings (SSSR count). The zero-order valence-corrected chi connectivity index (χ0v) is 13.2. The second-order valence-electron chi connectivity index (χ2n) is 4.34. The minimum absolute atomic E-state index is 0.0617. The van der Waals surface area contributed by atoms with Gasteiger partial charge >= 0.3 is 0 Å². The van der Waals surface area contributed by atoms with Crippen LogP contribution < -0.4 is 11.3 Å². The fourth-order valence-electron chi connectivity index (χ4n) is 2.11. The molecule has 1 heterocycles. The van der Waals surface area contributed by atoms with Gasteiger partial charge in [-0.15, -0.1) is 0 Å². The van der Waals surface area contributed by atoms with Crippen molar-refractivity contribution in [2.24, 2.45) is 5.84 Å². The Morgan fingerprint density at radius 1 is 1.55 bits per heavy atom. The molecule has 1 aromatic heterocycles. The number of nitrogens with zero attached hydrogens (tertiary/aromatic N) is 2. The highest BCUT2D eigenvalue weighted by molar-refractivity contribution is 9.10. The van der Waals surface area contributed by atoms with E-state index in [1.165, 1.54) is 6.07 Å². The maximum absolute atomic E-state index is 13.6. The molecule has 4 nitrogen and oxygen atoms in total. The van der Waals surface area contributed by atoms with Crippen molar-refractivity contribution in [3.05, 3.63) is 51.0 Å². The highest BCUT2D eigenvalue weighted by atomic mass is 79.9. The second-order valence-corrected chi connectivity index (χ2v) is 5.58. The smallest absolute Gasteiger partial charge is 0.142 e. The Kier molecular flexibility index (Phi) is 5.15. The van der Waals surface area contributed by atoms with Gasteiger partial charge in [0.05, 0.1) is 27.4 Å². The van der Waals surface area contributed by atoms with Crippen LogP contribution in [0.3, 0.4) is 0 Å². The third-order valence-electron chi connectivity index (χ3n) is 3.00. The monoisotopic (exact) mass is 360 g/mol. The number of hydrazine groups is 1. The van der Waals surface area contributed by atoms with Gasteiger partial charge in [0.2, 0.25) is 0 Å². The number of nitrogens with two attached hydrogens (primary N) is 1. The number of halogens is 3. The molecule has 1 unspecified atom stereocenters. The Morgan fingerprint density at radius 2 is 2.30 bits per heavy atom. The van der Waals surface area contributed by atoms with Gasteiger partial charge in [-0.25, -0.2) is 9.82 Å². The first-order valence-electron chi connectivity index (χ1n) is 6.21. The molecule has 0 amide bonds. The third-order valence-corrected chi connectivity index (χ3v) is 4.01. The van der Waals surface area contributed by atoms with Crippen LogP contribution in [0, 0.1) is 5.82 Å². The fourth-order valence-corrected chi connectivity index (χ4v) is 2.87. The Bertz CT molecular complexity index is 602. The van der Waals surface area contributed by atoms with E-state index in [-0.39, 0.29) is 5.02 Å². The first-order chi connectivity index (χ1) is 9.60. The largest absolute Gasteiger partial charge is 0.271 e. The zero-order valence-electron chi connectivity index (χ0n) is 10.9. The highest BCUT2D eigenvalue weighted by Crippen LogP contribution is 2.33. The van der Waals surface area contributed by atoms with E-state index < -0.39 is 11.9 Å². The summed E-state index contributed by atoms with van der Waals surface area (Å²) in [5.41, 5.74) is 4.08. The van der Waals surface area contributed by atoms with Gasteiger partial charge in [-0.1, -0.05) is 30.7 Å². The first kappa shape index (κ1) is 15.4. The molecular weight excluding hydrogens is 347 g/mol. The number of aromatic nitrogens is 2. The van der Waals surface area contributed by atoms with Crippen LogP contribution in [0.2, 0.25) is 5.02 Å². The summed E-state index contributed by atoms with van der Waals surface area (Å²) in [6.07, 6.45) is 2.62. The summed E-state index contributed by atoms with van der Waals surface area (Å²) in [5, 5.41) is 4.35. The van der Waals surface area contributed by atoms with Gasteiger partial charge in [0.25, 0.3) is 0 Å². The number of hydrogen-bond acceptors (Lipinski definition) is 3. The number of hydrogen-bond donors (Lipinski definition) is 2. The SMILES string of the molecule is CCCn1ncc(Br)c1C(NN)c1cccc(F)c1Cl. The van der Waals surface area contributed by atoms with E-state index in [2.05, 4.69) is 33.4 Å². The van der Waals surface area contributed by atoms with Gasteiger partial charge in [-0.05, 0) is 34.0 Å². The van der Waals surface area contributed by atoms with Gasteiger partial charge in [-0.2, -0.15) is 5.10 Å². The highest BCUT2D eigenvalue weighted by Gasteiger charge is 2.23. The molecule has 0 radical (unpaired) electrons. The lowest BCUT2D eigenvalue weighted by Gasteiger charge is -2.20. The molecule has 0 aliphatic carbocycles. The van der Waals surface area contributed by atoms with Crippen molar-refractivity contribution < 1.29 is 4.39 Å². The topological polar surface area (TPSA) is 55.9 Å². The normalized spacial score (nSPS) is 12.7. The summed E-state index contributed by atoms with van der Waals surface area (Å²) in [4.78, 5) is 0.